The number of piperazine rings is 1. The number of benzene rings is 1. The van der Waals surface area contributed by atoms with Gasteiger partial charge in [-0.2, -0.15) is 4.31 Å². The summed E-state index contributed by atoms with van der Waals surface area (Å²) in [6.07, 6.45) is 0.861. The molecule has 0 aliphatic carbocycles. The molecule has 1 aromatic rings. The van der Waals surface area contributed by atoms with Crippen LogP contribution in [-0.4, -0.2) is 74.0 Å². The molecule has 0 bridgehead atoms. The molecule has 4 amide bonds. The van der Waals surface area contributed by atoms with Gasteiger partial charge in [0.1, 0.15) is 0 Å². The number of imide groups is 1. The van der Waals surface area contributed by atoms with Crippen LogP contribution in [0.1, 0.15) is 29.6 Å². The zero-order chi connectivity index (χ0) is 21.0. The zero-order valence-electron chi connectivity index (χ0n) is 15.7. The predicted octanol–water partition coefficient (Wildman–Crippen LogP) is -0.924. The first kappa shape index (κ1) is 20.9. The molecule has 2 aliphatic heterocycles. The lowest BCUT2D eigenvalue weighted by Gasteiger charge is -2.26. The van der Waals surface area contributed by atoms with Crippen LogP contribution >= 0.6 is 0 Å². The Hall–Kier alpha value is -2.79. The molecule has 0 radical (unpaired) electrons. The molecule has 10 nitrogen and oxygen atoms in total. The molecule has 2 saturated heterocycles. The summed E-state index contributed by atoms with van der Waals surface area (Å²) in [6.45, 7) is 0.619. The van der Waals surface area contributed by atoms with Gasteiger partial charge in [-0.15, -0.1) is 0 Å². The third-order valence-corrected chi connectivity index (χ3v) is 6.58. The summed E-state index contributed by atoms with van der Waals surface area (Å²) < 4.78 is 26.5. The van der Waals surface area contributed by atoms with Crippen molar-refractivity contribution in [1.29, 1.82) is 0 Å². The number of sulfonamides is 1. The molecule has 0 unspecified atom stereocenters. The van der Waals surface area contributed by atoms with Crippen molar-refractivity contribution in [3.8, 4) is 0 Å². The van der Waals surface area contributed by atoms with Gasteiger partial charge >= 0.3 is 0 Å². The van der Waals surface area contributed by atoms with Gasteiger partial charge in [-0.25, -0.2) is 8.42 Å². The quantitative estimate of drug-likeness (QED) is 0.431. The van der Waals surface area contributed by atoms with E-state index in [9.17, 15) is 27.6 Å². The van der Waals surface area contributed by atoms with Crippen LogP contribution in [0.4, 0.5) is 0 Å². The molecule has 0 saturated carbocycles. The highest BCUT2D eigenvalue weighted by Crippen LogP contribution is 2.18. The van der Waals surface area contributed by atoms with Crippen LogP contribution in [0, 0.1) is 0 Å². The summed E-state index contributed by atoms with van der Waals surface area (Å²) >= 11 is 0. The highest BCUT2D eigenvalue weighted by Gasteiger charge is 2.30. The molecule has 0 spiro atoms. The molecule has 3 rings (SSSR count). The van der Waals surface area contributed by atoms with Crippen LogP contribution in [0.2, 0.25) is 0 Å². The molecular formula is C18H22N4O6S. The van der Waals surface area contributed by atoms with Crippen LogP contribution in [-0.2, 0) is 24.4 Å². The van der Waals surface area contributed by atoms with E-state index in [1.807, 2.05) is 0 Å². The van der Waals surface area contributed by atoms with E-state index in [2.05, 4.69) is 10.6 Å². The second-order valence-corrected chi connectivity index (χ2v) is 8.70. The molecule has 0 atom stereocenters. The normalized spacial score (nSPS) is 18.1. The monoisotopic (exact) mass is 422 g/mol. The summed E-state index contributed by atoms with van der Waals surface area (Å²) in [6, 6.07) is 5.60. The second-order valence-electron chi connectivity index (χ2n) is 6.76. The van der Waals surface area contributed by atoms with Crippen LogP contribution in [0.3, 0.4) is 0 Å². The van der Waals surface area contributed by atoms with E-state index in [1.165, 1.54) is 29.2 Å². The molecule has 156 valence electrons. The number of nitrogens with one attached hydrogen (secondary N) is 2. The van der Waals surface area contributed by atoms with Gasteiger partial charge < -0.3 is 10.6 Å². The van der Waals surface area contributed by atoms with E-state index < -0.39 is 15.9 Å². The van der Waals surface area contributed by atoms with Gasteiger partial charge in [0.25, 0.3) is 5.91 Å². The zero-order valence-corrected chi connectivity index (χ0v) is 16.5. The number of amides is 4. The molecule has 2 aliphatic rings. The first-order valence-corrected chi connectivity index (χ1v) is 10.7. The van der Waals surface area contributed by atoms with Crippen LogP contribution in [0.25, 0.3) is 0 Å². The van der Waals surface area contributed by atoms with Gasteiger partial charge in [0.05, 0.1) is 11.4 Å². The van der Waals surface area contributed by atoms with Gasteiger partial charge in [-0.1, -0.05) is 6.07 Å². The van der Waals surface area contributed by atoms with Gasteiger partial charge in [0.15, 0.2) is 0 Å². The van der Waals surface area contributed by atoms with E-state index in [0.717, 1.165) is 4.31 Å². The molecule has 2 fully saturated rings. The molecule has 0 aromatic heterocycles. The maximum Gasteiger partial charge on any atom is 0.251 e. The van der Waals surface area contributed by atoms with Gasteiger partial charge in [-0.3, -0.25) is 24.1 Å². The Morgan fingerprint density at radius 3 is 2.55 bits per heavy atom. The fraction of sp³-hybridized carbons (Fsp3) is 0.444. The molecular weight excluding hydrogens is 400 g/mol. The molecule has 2 heterocycles. The minimum atomic E-state index is -3.89. The maximum atomic E-state index is 12.7. The molecule has 29 heavy (non-hydrogen) atoms. The smallest absolute Gasteiger partial charge is 0.251 e. The Morgan fingerprint density at radius 1 is 1.14 bits per heavy atom. The molecule has 11 heteroatoms. The first-order chi connectivity index (χ1) is 13.8. The Bertz CT molecular complexity index is 929. The lowest BCUT2D eigenvalue weighted by Crippen LogP contribution is -2.49. The second kappa shape index (κ2) is 8.70. The fourth-order valence-corrected chi connectivity index (χ4v) is 4.62. The van der Waals surface area contributed by atoms with Crippen molar-refractivity contribution in [3.63, 3.8) is 0 Å². The number of likely N-dealkylation sites (tertiary alicyclic amines) is 1. The summed E-state index contributed by atoms with van der Waals surface area (Å²) in [4.78, 5) is 48.1. The van der Waals surface area contributed by atoms with Crippen molar-refractivity contribution >= 4 is 33.7 Å². The van der Waals surface area contributed by atoms with Crippen molar-refractivity contribution in [1.82, 2.24) is 19.8 Å². The van der Waals surface area contributed by atoms with E-state index in [0.29, 0.717) is 6.42 Å². The van der Waals surface area contributed by atoms with E-state index in [1.54, 1.807) is 0 Å². The number of rotatable bonds is 7. The van der Waals surface area contributed by atoms with Crippen LogP contribution in [0.15, 0.2) is 29.2 Å². The lowest BCUT2D eigenvalue weighted by molar-refractivity contribution is -0.138. The number of nitrogens with zero attached hydrogens (tertiary/aromatic N) is 2. The highest BCUT2D eigenvalue weighted by atomic mass is 32.2. The SMILES string of the molecule is O=C1CN(S(=O)(=O)c2cccc(C(=O)NCCCN3C(=O)CCC3=O)c2)CCN1. The third kappa shape index (κ3) is 4.80. The summed E-state index contributed by atoms with van der Waals surface area (Å²) in [5, 5.41) is 5.22. The van der Waals surface area contributed by atoms with Crippen LogP contribution < -0.4 is 10.6 Å². The third-order valence-electron chi connectivity index (χ3n) is 4.74. The Morgan fingerprint density at radius 2 is 1.86 bits per heavy atom. The van der Waals surface area contributed by atoms with Crippen molar-refractivity contribution in [2.24, 2.45) is 0 Å². The predicted molar refractivity (Wildman–Crippen MR) is 101 cm³/mol. The van der Waals surface area contributed by atoms with E-state index in [-0.39, 0.29) is 73.7 Å². The number of hydrogen-bond donors (Lipinski definition) is 2. The Kier molecular flexibility index (Phi) is 6.28. The molecule has 1 aromatic carbocycles. The minimum absolute atomic E-state index is 0.0619. The summed E-state index contributed by atoms with van der Waals surface area (Å²) in [5.74, 6) is -1.24. The van der Waals surface area contributed by atoms with Crippen molar-refractivity contribution in [2.75, 3.05) is 32.7 Å². The lowest BCUT2D eigenvalue weighted by atomic mass is 10.2. The van der Waals surface area contributed by atoms with Gasteiger partial charge in [0.2, 0.25) is 27.7 Å². The average Bonchev–Trinajstić information content (AvgIpc) is 3.03. The standard InChI is InChI=1S/C18H22N4O6S/c23-15-12-21(10-8-19-15)29(27,28)14-4-1-3-13(11-14)18(26)20-7-2-9-22-16(24)5-6-17(22)25/h1,3-4,11H,2,5-10,12H2,(H,19,23)(H,20,26). The highest BCUT2D eigenvalue weighted by molar-refractivity contribution is 7.89. The van der Waals surface area contributed by atoms with Crippen LogP contribution in [0.5, 0.6) is 0 Å². The summed E-state index contributed by atoms with van der Waals surface area (Å²) in [7, 11) is -3.89. The van der Waals surface area contributed by atoms with Gasteiger partial charge in [-0.05, 0) is 24.6 Å². The Balaban J connectivity index is 1.58. The average molecular weight is 422 g/mol. The van der Waals surface area contributed by atoms with Crippen molar-refractivity contribution in [2.45, 2.75) is 24.2 Å². The Labute approximate surface area is 168 Å². The topological polar surface area (TPSA) is 133 Å². The fourth-order valence-electron chi connectivity index (χ4n) is 3.18. The maximum absolute atomic E-state index is 12.7. The van der Waals surface area contributed by atoms with E-state index >= 15 is 0 Å². The number of carbonyl (C=O) groups is 4. The van der Waals surface area contributed by atoms with Crippen molar-refractivity contribution < 1.29 is 27.6 Å². The number of carbonyl (C=O) groups excluding carboxylic acids is 4. The van der Waals surface area contributed by atoms with Gasteiger partial charge in [0, 0.05) is 44.6 Å². The first-order valence-electron chi connectivity index (χ1n) is 9.27. The molecule has 2 N–H and O–H groups in total. The number of hydrogen-bond acceptors (Lipinski definition) is 6. The summed E-state index contributed by atoms with van der Waals surface area (Å²) in [5.41, 5.74) is 0.167. The van der Waals surface area contributed by atoms with Crippen molar-refractivity contribution in [3.05, 3.63) is 29.8 Å². The largest absolute Gasteiger partial charge is 0.354 e. The minimum Gasteiger partial charge on any atom is -0.354 e. The van der Waals surface area contributed by atoms with E-state index in [4.69, 9.17) is 0 Å².